The molecule has 0 fully saturated rings. The molecule has 2 aromatic rings. The highest BCUT2D eigenvalue weighted by Gasteiger charge is 2.29. The summed E-state index contributed by atoms with van der Waals surface area (Å²) in [5.74, 6) is 1.17. The van der Waals surface area contributed by atoms with Crippen LogP contribution in [0.15, 0.2) is 23.8 Å². The van der Waals surface area contributed by atoms with Crippen LogP contribution >= 0.6 is 11.3 Å². The number of likely N-dealkylation sites (N-methyl/N-ethyl adjacent to an activating group) is 1. The lowest BCUT2D eigenvalue weighted by Crippen LogP contribution is -2.33. The standard InChI is InChI=1S/C15H19N3OS/c1-17-8-7-16-14(17)10-18(2)15(19)12-4-3-5-13-11(12)6-9-20-13/h6-9,12H,3-5,10H2,1-2H3. The molecule has 1 unspecified atom stereocenters. The molecule has 20 heavy (non-hydrogen) atoms. The van der Waals surface area contributed by atoms with Crippen molar-refractivity contribution in [3.05, 3.63) is 40.1 Å². The number of aromatic nitrogens is 2. The van der Waals surface area contributed by atoms with E-state index in [4.69, 9.17) is 0 Å². The third-order valence-corrected chi connectivity index (χ3v) is 5.02. The van der Waals surface area contributed by atoms with E-state index in [9.17, 15) is 4.79 Å². The fourth-order valence-corrected chi connectivity index (χ4v) is 3.84. The zero-order valence-electron chi connectivity index (χ0n) is 11.9. The molecule has 3 rings (SSSR count). The number of hydrogen-bond donors (Lipinski definition) is 0. The van der Waals surface area contributed by atoms with E-state index in [2.05, 4.69) is 16.4 Å². The van der Waals surface area contributed by atoms with Gasteiger partial charge in [-0.1, -0.05) is 0 Å². The van der Waals surface area contributed by atoms with Gasteiger partial charge in [-0.15, -0.1) is 11.3 Å². The minimum Gasteiger partial charge on any atom is -0.338 e. The van der Waals surface area contributed by atoms with Crippen molar-refractivity contribution >= 4 is 17.2 Å². The van der Waals surface area contributed by atoms with Gasteiger partial charge in [0.25, 0.3) is 0 Å². The Bertz CT molecular complexity index is 616. The SMILES string of the molecule is CN(Cc1nccn1C)C(=O)C1CCCc2sccc21. The van der Waals surface area contributed by atoms with Crippen LogP contribution in [0.3, 0.4) is 0 Å². The van der Waals surface area contributed by atoms with Crippen molar-refractivity contribution in [1.29, 1.82) is 0 Å². The minimum atomic E-state index is 0.0373. The fourth-order valence-electron chi connectivity index (χ4n) is 2.85. The van der Waals surface area contributed by atoms with E-state index in [0.29, 0.717) is 6.54 Å². The van der Waals surface area contributed by atoms with E-state index in [1.165, 1.54) is 10.4 Å². The van der Waals surface area contributed by atoms with Crippen LogP contribution in [0.25, 0.3) is 0 Å². The molecule has 0 radical (unpaired) electrons. The Morgan fingerprint density at radius 3 is 3.20 bits per heavy atom. The van der Waals surface area contributed by atoms with Gasteiger partial charge in [-0.3, -0.25) is 4.79 Å². The Balaban J connectivity index is 1.75. The molecule has 0 spiro atoms. The van der Waals surface area contributed by atoms with Crippen molar-refractivity contribution in [2.75, 3.05) is 7.05 Å². The highest BCUT2D eigenvalue weighted by atomic mass is 32.1. The Hall–Kier alpha value is -1.62. The van der Waals surface area contributed by atoms with Crippen LogP contribution in [0.4, 0.5) is 0 Å². The number of hydrogen-bond acceptors (Lipinski definition) is 3. The third kappa shape index (κ3) is 2.38. The lowest BCUT2D eigenvalue weighted by molar-refractivity contribution is -0.132. The summed E-state index contributed by atoms with van der Waals surface area (Å²) in [6, 6.07) is 2.12. The first kappa shape index (κ1) is 13.4. The summed E-state index contributed by atoms with van der Waals surface area (Å²) in [7, 11) is 3.83. The van der Waals surface area contributed by atoms with Gasteiger partial charge in [0.05, 0.1) is 12.5 Å². The van der Waals surface area contributed by atoms with Crippen LogP contribution in [0.5, 0.6) is 0 Å². The van der Waals surface area contributed by atoms with Gasteiger partial charge in [0.2, 0.25) is 5.91 Å². The van der Waals surface area contributed by atoms with Gasteiger partial charge in [-0.2, -0.15) is 0 Å². The summed E-state index contributed by atoms with van der Waals surface area (Å²) in [4.78, 5) is 20.2. The molecule has 0 N–H and O–H groups in total. The maximum atomic E-state index is 12.7. The second-order valence-corrected chi connectivity index (χ2v) is 6.39. The van der Waals surface area contributed by atoms with Crippen LogP contribution in [0.1, 0.15) is 35.0 Å². The number of amides is 1. The van der Waals surface area contributed by atoms with Crippen molar-refractivity contribution in [3.63, 3.8) is 0 Å². The van der Waals surface area contributed by atoms with Gasteiger partial charge in [0.15, 0.2) is 0 Å². The van der Waals surface area contributed by atoms with Crippen LogP contribution in [0.2, 0.25) is 0 Å². The highest BCUT2D eigenvalue weighted by molar-refractivity contribution is 7.10. The van der Waals surface area contributed by atoms with Gasteiger partial charge in [-0.25, -0.2) is 4.98 Å². The summed E-state index contributed by atoms with van der Waals surface area (Å²) in [6.45, 7) is 0.568. The molecule has 2 heterocycles. The molecule has 2 aromatic heterocycles. The minimum absolute atomic E-state index is 0.0373. The maximum absolute atomic E-state index is 12.7. The number of rotatable bonds is 3. The monoisotopic (exact) mass is 289 g/mol. The second-order valence-electron chi connectivity index (χ2n) is 5.39. The third-order valence-electron chi connectivity index (χ3n) is 4.03. The van der Waals surface area contributed by atoms with Gasteiger partial charge < -0.3 is 9.47 Å². The van der Waals surface area contributed by atoms with E-state index >= 15 is 0 Å². The van der Waals surface area contributed by atoms with Crippen molar-refractivity contribution in [2.45, 2.75) is 31.7 Å². The van der Waals surface area contributed by atoms with Crippen molar-refractivity contribution < 1.29 is 4.79 Å². The van der Waals surface area contributed by atoms with E-state index in [1.807, 2.05) is 24.9 Å². The Labute approximate surface area is 123 Å². The zero-order chi connectivity index (χ0) is 14.1. The summed E-state index contributed by atoms with van der Waals surface area (Å²) in [6.07, 6.45) is 6.88. The quantitative estimate of drug-likeness (QED) is 0.871. The zero-order valence-corrected chi connectivity index (χ0v) is 12.7. The fraction of sp³-hybridized carbons (Fsp3) is 0.467. The number of fused-ring (bicyclic) bond motifs is 1. The average Bonchev–Trinajstić information content (AvgIpc) is 3.07. The molecule has 0 saturated heterocycles. The molecule has 0 aromatic carbocycles. The Morgan fingerprint density at radius 1 is 1.60 bits per heavy atom. The lowest BCUT2D eigenvalue weighted by atomic mass is 9.87. The maximum Gasteiger partial charge on any atom is 0.230 e. The molecule has 4 nitrogen and oxygen atoms in total. The number of imidazole rings is 1. The van der Waals surface area contributed by atoms with Crippen molar-refractivity contribution in [2.24, 2.45) is 7.05 Å². The summed E-state index contributed by atoms with van der Waals surface area (Å²) < 4.78 is 1.96. The molecule has 5 heteroatoms. The molecule has 106 valence electrons. The number of carbonyl (C=O) groups excluding carboxylic acids is 1. The van der Waals surface area contributed by atoms with Crippen LogP contribution < -0.4 is 0 Å². The largest absolute Gasteiger partial charge is 0.338 e. The van der Waals surface area contributed by atoms with Gasteiger partial charge in [0, 0.05) is 31.4 Å². The molecule has 0 bridgehead atoms. The number of thiophene rings is 1. The normalized spacial score (nSPS) is 17.8. The first-order valence-electron chi connectivity index (χ1n) is 6.94. The number of carbonyl (C=O) groups is 1. The summed E-state index contributed by atoms with van der Waals surface area (Å²) >= 11 is 1.78. The van der Waals surface area contributed by atoms with Crippen LogP contribution in [-0.2, 0) is 24.8 Å². The Kier molecular flexibility index (Phi) is 3.61. The van der Waals surface area contributed by atoms with Crippen molar-refractivity contribution in [1.82, 2.24) is 14.5 Å². The predicted octanol–water partition coefficient (Wildman–Crippen LogP) is 2.56. The average molecular weight is 289 g/mol. The van der Waals surface area contributed by atoms with E-state index < -0.39 is 0 Å². The molecule has 0 aliphatic heterocycles. The van der Waals surface area contributed by atoms with Crippen LogP contribution in [0, 0.1) is 0 Å². The van der Waals surface area contributed by atoms with Crippen molar-refractivity contribution in [3.8, 4) is 0 Å². The first-order chi connectivity index (χ1) is 9.66. The molecule has 1 amide bonds. The topological polar surface area (TPSA) is 38.1 Å². The summed E-state index contributed by atoms with van der Waals surface area (Å²) in [5.41, 5.74) is 1.25. The molecule has 1 atom stereocenters. The predicted molar refractivity (Wildman–Crippen MR) is 79.7 cm³/mol. The number of nitrogens with zero attached hydrogens (tertiary/aromatic N) is 3. The highest BCUT2D eigenvalue weighted by Crippen LogP contribution is 2.36. The van der Waals surface area contributed by atoms with Gasteiger partial charge in [-0.05, 0) is 36.3 Å². The molecule has 1 aliphatic rings. The summed E-state index contributed by atoms with van der Waals surface area (Å²) in [5, 5.41) is 2.11. The lowest BCUT2D eigenvalue weighted by Gasteiger charge is -2.26. The van der Waals surface area contributed by atoms with E-state index in [1.54, 1.807) is 22.4 Å². The number of aryl methyl sites for hydroxylation is 2. The Morgan fingerprint density at radius 2 is 2.45 bits per heavy atom. The molecular weight excluding hydrogens is 270 g/mol. The molecule has 1 aliphatic carbocycles. The van der Waals surface area contributed by atoms with E-state index in [-0.39, 0.29) is 11.8 Å². The van der Waals surface area contributed by atoms with E-state index in [0.717, 1.165) is 25.1 Å². The van der Waals surface area contributed by atoms with Gasteiger partial charge in [0.1, 0.15) is 5.82 Å². The van der Waals surface area contributed by atoms with Gasteiger partial charge >= 0.3 is 0 Å². The second kappa shape index (κ2) is 5.40. The molecule has 0 saturated carbocycles. The molecular formula is C15H19N3OS. The smallest absolute Gasteiger partial charge is 0.230 e. The first-order valence-corrected chi connectivity index (χ1v) is 7.82. The van der Waals surface area contributed by atoms with Crippen LogP contribution in [-0.4, -0.2) is 27.4 Å².